The summed E-state index contributed by atoms with van der Waals surface area (Å²) in [6.45, 7) is 10.0. The molecule has 17 heavy (non-hydrogen) atoms. The second-order valence-corrected chi connectivity index (χ2v) is 10.2. The number of hydrogen-bond acceptors (Lipinski definition) is 2. The van der Waals surface area contributed by atoms with Crippen LogP contribution in [0, 0.1) is 5.92 Å². The second-order valence-electron chi connectivity index (χ2n) is 5.37. The molecule has 1 rings (SSSR count). The van der Waals surface area contributed by atoms with Gasteiger partial charge in [-0.3, -0.25) is 4.79 Å². The van der Waals surface area contributed by atoms with Crippen LogP contribution in [0.25, 0.3) is 0 Å². The van der Waals surface area contributed by atoms with Gasteiger partial charge in [0.25, 0.3) is 0 Å². The third kappa shape index (κ3) is 4.17. The minimum absolute atomic E-state index is 0.0579. The zero-order valence-corrected chi connectivity index (χ0v) is 12.8. The summed E-state index contributed by atoms with van der Waals surface area (Å²) in [7, 11) is -1.72. The highest BCUT2D eigenvalue weighted by atomic mass is 35.5. The number of rotatable bonds is 4. The molecular formula is C13H19ClO2Si. The molecule has 0 spiro atoms. The Labute approximate surface area is 109 Å². The molecule has 0 aliphatic carbocycles. The Bertz CT molecular complexity index is 422. The third-order valence-electron chi connectivity index (χ3n) is 2.15. The number of carbonyl (C=O) groups excluding carboxylic acids is 1. The van der Waals surface area contributed by atoms with Crippen LogP contribution in [0.3, 0.4) is 0 Å². The molecule has 0 heterocycles. The van der Waals surface area contributed by atoms with Crippen molar-refractivity contribution in [3.05, 3.63) is 28.8 Å². The standard InChI is InChI=1S/C13H19ClO2Si/c1-9(2)13(15)11-8-10(14)6-7-12(11)16-17(3,4)5/h6-9H,1-5H3. The summed E-state index contributed by atoms with van der Waals surface area (Å²) in [5.74, 6) is 0.672. The average Bonchev–Trinajstić information content (AvgIpc) is 2.17. The number of Topliss-reactive ketones (excluding diaryl/α,β-unsaturated/α-hetero) is 1. The van der Waals surface area contributed by atoms with Gasteiger partial charge < -0.3 is 4.43 Å². The predicted octanol–water partition coefficient (Wildman–Crippen LogP) is 4.39. The molecule has 0 amide bonds. The van der Waals surface area contributed by atoms with E-state index in [1.807, 2.05) is 13.8 Å². The summed E-state index contributed by atoms with van der Waals surface area (Å²) in [5.41, 5.74) is 0.593. The number of ketones is 1. The van der Waals surface area contributed by atoms with E-state index in [0.717, 1.165) is 0 Å². The molecule has 0 aliphatic heterocycles. The fraction of sp³-hybridized carbons (Fsp3) is 0.462. The van der Waals surface area contributed by atoms with Crippen LogP contribution in [0.15, 0.2) is 18.2 Å². The Kier molecular flexibility index (Phi) is 4.39. The topological polar surface area (TPSA) is 26.3 Å². The first-order chi connectivity index (χ1) is 7.70. The van der Waals surface area contributed by atoms with E-state index in [1.54, 1.807) is 18.2 Å². The number of halogens is 1. The Morgan fingerprint density at radius 2 is 1.88 bits per heavy atom. The molecule has 2 nitrogen and oxygen atoms in total. The lowest BCUT2D eigenvalue weighted by Crippen LogP contribution is -2.30. The largest absolute Gasteiger partial charge is 0.544 e. The van der Waals surface area contributed by atoms with Crippen LogP contribution in [0.5, 0.6) is 5.75 Å². The molecule has 0 bridgehead atoms. The predicted molar refractivity (Wildman–Crippen MR) is 74.6 cm³/mol. The van der Waals surface area contributed by atoms with Gasteiger partial charge in [0.2, 0.25) is 8.32 Å². The molecule has 0 aliphatic rings. The molecule has 1 aromatic carbocycles. The monoisotopic (exact) mass is 270 g/mol. The van der Waals surface area contributed by atoms with Crippen molar-refractivity contribution < 1.29 is 9.22 Å². The van der Waals surface area contributed by atoms with E-state index < -0.39 is 8.32 Å². The van der Waals surface area contributed by atoms with E-state index in [2.05, 4.69) is 19.6 Å². The maximum atomic E-state index is 12.1. The van der Waals surface area contributed by atoms with Crippen LogP contribution in [0.4, 0.5) is 0 Å². The van der Waals surface area contributed by atoms with Crippen LogP contribution < -0.4 is 4.43 Å². The van der Waals surface area contributed by atoms with Crippen molar-refractivity contribution in [2.75, 3.05) is 0 Å². The third-order valence-corrected chi connectivity index (χ3v) is 3.21. The molecular weight excluding hydrogens is 252 g/mol. The summed E-state index contributed by atoms with van der Waals surface area (Å²) in [6, 6.07) is 5.24. The van der Waals surface area contributed by atoms with Crippen molar-refractivity contribution in [1.29, 1.82) is 0 Å². The van der Waals surface area contributed by atoms with Crippen LogP contribution in [0.2, 0.25) is 24.7 Å². The van der Waals surface area contributed by atoms with E-state index in [9.17, 15) is 4.79 Å². The van der Waals surface area contributed by atoms with Crippen LogP contribution in [0.1, 0.15) is 24.2 Å². The first-order valence-corrected chi connectivity index (χ1v) is 9.52. The van der Waals surface area contributed by atoms with Gasteiger partial charge in [-0.25, -0.2) is 0 Å². The molecule has 4 heteroatoms. The first kappa shape index (κ1) is 14.3. The van der Waals surface area contributed by atoms with Crippen molar-refractivity contribution in [1.82, 2.24) is 0 Å². The van der Waals surface area contributed by atoms with E-state index in [4.69, 9.17) is 16.0 Å². The van der Waals surface area contributed by atoms with Gasteiger partial charge in [0.1, 0.15) is 5.75 Å². The lowest BCUT2D eigenvalue weighted by molar-refractivity contribution is 0.0937. The van der Waals surface area contributed by atoms with E-state index >= 15 is 0 Å². The first-order valence-electron chi connectivity index (χ1n) is 5.73. The highest BCUT2D eigenvalue weighted by molar-refractivity contribution is 6.70. The summed E-state index contributed by atoms with van der Waals surface area (Å²) >= 11 is 5.94. The van der Waals surface area contributed by atoms with Crippen molar-refractivity contribution in [2.24, 2.45) is 5.92 Å². The molecule has 0 saturated heterocycles. The zero-order valence-electron chi connectivity index (χ0n) is 11.0. The van der Waals surface area contributed by atoms with Gasteiger partial charge in [-0.1, -0.05) is 25.4 Å². The van der Waals surface area contributed by atoms with Crippen LogP contribution >= 0.6 is 11.6 Å². The van der Waals surface area contributed by atoms with Gasteiger partial charge in [0.05, 0.1) is 5.56 Å². The smallest absolute Gasteiger partial charge is 0.242 e. The average molecular weight is 271 g/mol. The molecule has 1 aromatic rings. The number of benzene rings is 1. The van der Waals surface area contributed by atoms with Crippen LogP contribution in [-0.4, -0.2) is 14.1 Å². The fourth-order valence-electron chi connectivity index (χ4n) is 1.42. The van der Waals surface area contributed by atoms with Gasteiger partial charge >= 0.3 is 0 Å². The molecule has 0 fully saturated rings. The molecule has 0 unspecified atom stereocenters. The molecule has 0 aromatic heterocycles. The maximum Gasteiger partial charge on any atom is 0.242 e. The highest BCUT2D eigenvalue weighted by Crippen LogP contribution is 2.27. The maximum absolute atomic E-state index is 12.1. The molecule has 0 radical (unpaired) electrons. The van der Waals surface area contributed by atoms with Crippen molar-refractivity contribution in [2.45, 2.75) is 33.5 Å². The van der Waals surface area contributed by atoms with Crippen molar-refractivity contribution in [3.8, 4) is 5.75 Å². The van der Waals surface area contributed by atoms with Crippen molar-refractivity contribution in [3.63, 3.8) is 0 Å². The lowest BCUT2D eigenvalue weighted by atomic mass is 10.0. The SMILES string of the molecule is CC(C)C(=O)c1cc(Cl)ccc1O[Si](C)(C)C. The van der Waals surface area contributed by atoms with Gasteiger partial charge in [0.15, 0.2) is 5.78 Å². The normalized spacial score (nSPS) is 11.7. The van der Waals surface area contributed by atoms with Crippen LogP contribution in [-0.2, 0) is 0 Å². The second kappa shape index (κ2) is 5.23. The Morgan fingerprint density at radius 1 is 1.29 bits per heavy atom. The minimum atomic E-state index is -1.72. The number of carbonyl (C=O) groups is 1. The highest BCUT2D eigenvalue weighted by Gasteiger charge is 2.22. The Hall–Kier alpha value is -0.803. The fourth-order valence-corrected chi connectivity index (χ4v) is 2.43. The molecule has 0 N–H and O–H groups in total. The summed E-state index contributed by atoms with van der Waals surface area (Å²) < 4.78 is 5.92. The van der Waals surface area contributed by atoms with Gasteiger partial charge in [0, 0.05) is 10.9 Å². The summed E-state index contributed by atoms with van der Waals surface area (Å²) in [4.78, 5) is 12.1. The van der Waals surface area contributed by atoms with E-state index in [0.29, 0.717) is 16.3 Å². The van der Waals surface area contributed by atoms with Gasteiger partial charge in [-0.15, -0.1) is 0 Å². The quantitative estimate of drug-likeness (QED) is 0.599. The summed E-state index contributed by atoms with van der Waals surface area (Å²) in [6.07, 6.45) is 0. The Morgan fingerprint density at radius 3 is 2.35 bits per heavy atom. The molecule has 94 valence electrons. The van der Waals surface area contributed by atoms with E-state index in [-0.39, 0.29) is 11.7 Å². The number of hydrogen-bond donors (Lipinski definition) is 0. The van der Waals surface area contributed by atoms with E-state index in [1.165, 1.54) is 0 Å². The Balaban J connectivity index is 3.17. The molecule has 0 atom stereocenters. The summed E-state index contributed by atoms with van der Waals surface area (Å²) in [5, 5.41) is 0.567. The van der Waals surface area contributed by atoms with Gasteiger partial charge in [-0.2, -0.15) is 0 Å². The van der Waals surface area contributed by atoms with Gasteiger partial charge in [-0.05, 0) is 37.8 Å². The lowest BCUT2D eigenvalue weighted by Gasteiger charge is -2.22. The molecule has 0 saturated carbocycles. The minimum Gasteiger partial charge on any atom is -0.544 e. The zero-order chi connectivity index (χ0) is 13.2. The van der Waals surface area contributed by atoms with Crippen molar-refractivity contribution >= 4 is 25.7 Å².